The van der Waals surface area contributed by atoms with Crippen LogP contribution < -0.4 is 4.74 Å². The van der Waals surface area contributed by atoms with Crippen molar-refractivity contribution in [2.45, 2.75) is 6.42 Å². The predicted octanol–water partition coefficient (Wildman–Crippen LogP) is 3.37. The van der Waals surface area contributed by atoms with Gasteiger partial charge in [-0.2, -0.15) is 0 Å². The molecule has 0 heterocycles. The van der Waals surface area contributed by atoms with Crippen molar-refractivity contribution in [3.63, 3.8) is 0 Å². The molecule has 0 amide bonds. The quantitative estimate of drug-likeness (QED) is 0.840. The molecule has 0 saturated carbocycles. The maximum Gasteiger partial charge on any atom is 0.119 e. The molecule has 0 spiro atoms. The lowest BCUT2D eigenvalue weighted by atomic mass is 10.0. The molecule has 0 aliphatic carbocycles. The van der Waals surface area contributed by atoms with E-state index in [1.54, 1.807) is 7.11 Å². The number of hydrogen-bond donors (Lipinski definition) is 0. The molecule has 2 rings (SSSR count). The lowest BCUT2D eigenvalue weighted by Crippen LogP contribution is -2.15. The maximum absolute atomic E-state index is 5.29. The van der Waals surface area contributed by atoms with Crippen LogP contribution in [0.3, 0.4) is 0 Å². The van der Waals surface area contributed by atoms with Crippen LogP contribution in [0, 0.1) is 0 Å². The summed E-state index contributed by atoms with van der Waals surface area (Å²) in [6.45, 7) is 1.07. The Hall–Kier alpha value is -1.25. The number of rotatable bonds is 4. The van der Waals surface area contributed by atoms with Gasteiger partial charge in [-0.1, -0.05) is 24.3 Å². The second-order valence-electron chi connectivity index (χ2n) is 4.56. The van der Waals surface area contributed by atoms with Crippen molar-refractivity contribution in [1.82, 2.24) is 4.90 Å². The van der Waals surface area contributed by atoms with Gasteiger partial charge in [-0.05, 0) is 49.0 Å². The Balaban J connectivity index is 0.00000162. The molecular weight excluding hydrogens is 246 g/mol. The topological polar surface area (TPSA) is 12.5 Å². The predicted molar refractivity (Wildman–Crippen MR) is 80.0 cm³/mol. The summed E-state index contributed by atoms with van der Waals surface area (Å²) >= 11 is 0. The molecule has 98 valence electrons. The zero-order valence-corrected chi connectivity index (χ0v) is 12.0. The highest BCUT2D eigenvalue weighted by molar-refractivity contribution is 5.87. The summed E-state index contributed by atoms with van der Waals surface area (Å²) in [7, 11) is 5.92. The summed E-state index contributed by atoms with van der Waals surface area (Å²) in [5, 5.41) is 2.58. The summed E-state index contributed by atoms with van der Waals surface area (Å²) in [6.07, 6.45) is 1.07. The van der Waals surface area contributed by atoms with Crippen molar-refractivity contribution in [1.29, 1.82) is 0 Å². The van der Waals surface area contributed by atoms with E-state index in [9.17, 15) is 0 Å². The fourth-order valence-electron chi connectivity index (χ4n) is 2.01. The van der Waals surface area contributed by atoms with Crippen LogP contribution in [-0.2, 0) is 6.42 Å². The van der Waals surface area contributed by atoms with Gasteiger partial charge in [-0.3, -0.25) is 0 Å². The highest BCUT2D eigenvalue weighted by Crippen LogP contribution is 2.24. The Morgan fingerprint density at radius 1 is 1.11 bits per heavy atom. The minimum absolute atomic E-state index is 0. The summed E-state index contributed by atoms with van der Waals surface area (Å²) in [4.78, 5) is 2.21. The van der Waals surface area contributed by atoms with E-state index < -0.39 is 0 Å². The third kappa shape index (κ3) is 3.37. The molecule has 0 atom stereocenters. The third-order valence-corrected chi connectivity index (χ3v) is 3.01. The average molecular weight is 266 g/mol. The molecule has 18 heavy (non-hydrogen) atoms. The van der Waals surface area contributed by atoms with Crippen LogP contribution in [0.4, 0.5) is 0 Å². The van der Waals surface area contributed by atoms with Gasteiger partial charge in [0.05, 0.1) is 7.11 Å². The highest BCUT2D eigenvalue weighted by Gasteiger charge is 2.03. The van der Waals surface area contributed by atoms with Crippen LogP contribution in [0.1, 0.15) is 5.56 Å². The number of benzene rings is 2. The molecule has 0 aliphatic heterocycles. The molecule has 0 fully saturated rings. The minimum atomic E-state index is 0. The Morgan fingerprint density at radius 3 is 2.56 bits per heavy atom. The smallest absolute Gasteiger partial charge is 0.119 e. The van der Waals surface area contributed by atoms with Crippen LogP contribution in [0.15, 0.2) is 36.4 Å². The first-order valence-electron chi connectivity index (χ1n) is 5.91. The summed E-state index contributed by atoms with van der Waals surface area (Å²) in [6, 6.07) is 12.7. The fourth-order valence-corrected chi connectivity index (χ4v) is 2.01. The van der Waals surface area contributed by atoms with Crippen molar-refractivity contribution >= 4 is 23.2 Å². The first kappa shape index (κ1) is 14.8. The molecular formula is C15H20ClNO. The van der Waals surface area contributed by atoms with Gasteiger partial charge in [0.15, 0.2) is 0 Å². The van der Waals surface area contributed by atoms with Crippen LogP contribution in [0.2, 0.25) is 0 Å². The molecule has 0 N–H and O–H groups in total. The fraction of sp³-hybridized carbons (Fsp3) is 0.333. The number of methoxy groups -OCH3 is 1. The van der Waals surface area contributed by atoms with Crippen molar-refractivity contribution in [3.05, 3.63) is 42.0 Å². The van der Waals surface area contributed by atoms with Crippen LogP contribution in [0.25, 0.3) is 10.8 Å². The lowest BCUT2D eigenvalue weighted by Gasteiger charge is -2.12. The van der Waals surface area contributed by atoms with Crippen LogP contribution >= 0.6 is 12.4 Å². The van der Waals surface area contributed by atoms with Gasteiger partial charge in [-0.25, -0.2) is 0 Å². The molecule has 3 heteroatoms. The van der Waals surface area contributed by atoms with E-state index >= 15 is 0 Å². The van der Waals surface area contributed by atoms with Gasteiger partial charge in [0.2, 0.25) is 0 Å². The Kier molecular flexibility index (Phi) is 5.45. The second kappa shape index (κ2) is 6.62. The number of fused-ring (bicyclic) bond motifs is 1. The monoisotopic (exact) mass is 265 g/mol. The van der Waals surface area contributed by atoms with E-state index in [0.29, 0.717) is 0 Å². The summed E-state index contributed by atoms with van der Waals surface area (Å²) in [5.74, 6) is 0.926. The summed E-state index contributed by atoms with van der Waals surface area (Å²) in [5.41, 5.74) is 1.38. The molecule has 0 bridgehead atoms. The molecule has 0 aromatic heterocycles. The van der Waals surface area contributed by atoms with Crippen molar-refractivity contribution < 1.29 is 4.74 Å². The minimum Gasteiger partial charge on any atom is -0.497 e. The second-order valence-corrected chi connectivity index (χ2v) is 4.56. The zero-order valence-electron chi connectivity index (χ0n) is 11.1. The van der Waals surface area contributed by atoms with Crippen molar-refractivity contribution in [2.24, 2.45) is 0 Å². The van der Waals surface area contributed by atoms with Gasteiger partial charge >= 0.3 is 0 Å². The summed E-state index contributed by atoms with van der Waals surface area (Å²) < 4.78 is 5.29. The standard InChI is InChI=1S/C15H19NO.ClH/c1-16(2)10-9-13-6-4-5-12-7-8-14(17-3)11-15(12)13;/h4-8,11H,9-10H2,1-3H3;1H. The molecule has 0 aliphatic rings. The SMILES string of the molecule is COc1ccc2cccc(CCN(C)C)c2c1.Cl. The molecule has 2 aromatic rings. The molecule has 2 nitrogen and oxygen atoms in total. The van der Waals surface area contributed by atoms with Crippen LogP contribution in [-0.4, -0.2) is 32.6 Å². The van der Waals surface area contributed by atoms with E-state index in [1.165, 1.54) is 16.3 Å². The van der Waals surface area contributed by atoms with Gasteiger partial charge < -0.3 is 9.64 Å². The highest BCUT2D eigenvalue weighted by atomic mass is 35.5. The van der Waals surface area contributed by atoms with Gasteiger partial charge in [0.25, 0.3) is 0 Å². The first-order chi connectivity index (χ1) is 8.20. The average Bonchev–Trinajstić information content (AvgIpc) is 2.35. The zero-order chi connectivity index (χ0) is 12.3. The number of halogens is 1. The van der Waals surface area contributed by atoms with Crippen molar-refractivity contribution in [2.75, 3.05) is 27.7 Å². The van der Waals surface area contributed by atoms with E-state index in [0.717, 1.165) is 18.7 Å². The normalized spacial score (nSPS) is 10.4. The number of ether oxygens (including phenoxy) is 1. The van der Waals surface area contributed by atoms with E-state index in [1.807, 2.05) is 6.07 Å². The Morgan fingerprint density at radius 2 is 1.89 bits per heavy atom. The van der Waals surface area contributed by atoms with E-state index in [4.69, 9.17) is 4.74 Å². The lowest BCUT2D eigenvalue weighted by molar-refractivity contribution is 0.413. The van der Waals surface area contributed by atoms with Gasteiger partial charge in [-0.15, -0.1) is 12.4 Å². The molecule has 2 aromatic carbocycles. The largest absolute Gasteiger partial charge is 0.497 e. The number of likely N-dealkylation sites (N-methyl/N-ethyl adjacent to an activating group) is 1. The molecule has 0 radical (unpaired) electrons. The maximum atomic E-state index is 5.29. The number of hydrogen-bond acceptors (Lipinski definition) is 2. The van der Waals surface area contributed by atoms with Gasteiger partial charge in [0, 0.05) is 6.54 Å². The van der Waals surface area contributed by atoms with E-state index in [2.05, 4.69) is 49.3 Å². The van der Waals surface area contributed by atoms with Crippen molar-refractivity contribution in [3.8, 4) is 5.75 Å². The Bertz CT molecular complexity index is 511. The Labute approximate surface area is 115 Å². The molecule has 0 saturated heterocycles. The third-order valence-electron chi connectivity index (χ3n) is 3.01. The molecule has 0 unspecified atom stereocenters. The van der Waals surface area contributed by atoms with Crippen LogP contribution in [0.5, 0.6) is 5.75 Å². The first-order valence-corrected chi connectivity index (χ1v) is 5.91. The van der Waals surface area contributed by atoms with Gasteiger partial charge in [0.1, 0.15) is 5.75 Å². The van der Waals surface area contributed by atoms with E-state index in [-0.39, 0.29) is 12.4 Å². The number of nitrogens with zero attached hydrogens (tertiary/aromatic N) is 1.